The van der Waals surface area contributed by atoms with Crippen LogP contribution in [0.25, 0.3) is 0 Å². The van der Waals surface area contributed by atoms with E-state index in [0.29, 0.717) is 19.1 Å². The lowest BCUT2D eigenvalue weighted by atomic mass is 9.99. The molecule has 0 saturated carbocycles. The Bertz CT molecular complexity index is 656. The number of piperidine rings is 1. The minimum atomic E-state index is -3.38. The van der Waals surface area contributed by atoms with Crippen LogP contribution in [0.15, 0.2) is 23.2 Å². The number of anilines is 1. The molecule has 2 aliphatic rings. The van der Waals surface area contributed by atoms with E-state index in [2.05, 4.69) is 29.0 Å². The predicted molar refractivity (Wildman–Crippen MR) is 100 cm³/mol. The third-order valence-electron chi connectivity index (χ3n) is 5.33. The summed E-state index contributed by atoms with van der Waals surface area (Å²) in [6.45, 7) is 8.92. The molecule has 25 heavy (non-hydrogen) atoms. The van der Waals surface area contributed by atoms with Crippen LogP contribution in [0.2, 0.25) is 0 Å². The number of hydrogen-bond acceptors (Lipinski definition) is 5. The topological polar surface area (TPSA) is 65.5 Å². The van der Waals surface area contributed by atoms with Crippen LogP contribution < -0.4 is 5.32 Å². The molecule has 0 spiro atoms. The van der Waals surface area contributed by atoms with Gasteiger partial charge in [0, 0.05) is 38.4 Å². The summed E-state index contributed by atoms with van der Waals surface area (Å²) in [4.78, 5) is 7.12. The number of nitrogens with zero attached hydrogens (tertiary/aromatic N) is 3. The Hall–Kier alpha value is -1.18. The first-order chi connectivity index (χ1) is 12.0. The van der Waals surface area contributed by atoms with Crippen molar-refractivity contribution in [3.63, 3.8) is 0 Å². The summed E-state index contributed by atoms with van der Waals surface area (Å²) in [6, 6.07) is 3.88. The Morgan fingerprint density at radius 1 is 1.24 bits per heavy atom. The minimum absolute atomic E-state index is 0.290. The largest absolute Gasteiger partial charge is 0.369 e. The summed E-state index contributed by atoms with van der Waals surface area (Å²) >= 11 is 0. The average molecular weight is 367 g/mol. The van der Waals surface area contributed by atoms with E-state index in [9.17, 15) is 8.42 Å². The molecule has 2 atom stereocenters. The van der Waals surface area contributed by atoms with Gasteiger partial charge in [0.2, 0.25) is 10.0 Å². The molecule has 2 saturated heterocycles. The number of pyridine rings is 1. The average Bonchev–Trinajstić information content (AvgIpc) is 3.15. The van der Waals surface area contributed by atoms with Crippen LogP contribution >= 0.6 is 0 Å². The highest BCUT2D eigenvalue weighted by atomic mass is 32.2. The van der Waals surface area contributed by atoms with E-state index >= 15 is 0 Å². The van der Waals surface area contributed by atoms with Gasteiger partial charge in [-0.3, -0.25) is 4.90 Å². The number of aromatic nitrogens is 1. The zero-order valence-corrected chi connectivity index (χ0v) is 16.1. The van der Waals surface area contributed by atoms with Gasteiger partial charge in [-0.25, -0.2) is 13.4 Å². The van der Waals surface area contributed by atoms with E-state index < -0.39 is 10.0 Å². The molecule has 3 heterocycles. The van der Waals surface area contributed by atoms with Crippen LogP contribution in [0.1, 0.15) is 39.5 Å². The minimum Gasteiger partial charge on any atom is -0.369 e. The second kappa shape index (κ2) is 8.01. The van der Waals surface area contributed by atoms with E-state index in [1.165, 1.54) is 19.0 Å². The van der Waals surface area contributed by atoms with E-state index in [-0.39, 0.29) is 4.90 Å². The van der Waals surface area contributed by atoms with Crippen molar-refractivity contribution in [3.8, 4) is 0 Å². The smallest absolute Gasteiger partial charge is 0.244 e. The summed E-state index contributed by atoms with van der Waals surface area (Å²) in [5.74, 6) is 1.50. The zero-order chi connectivity index (χ0) is 17.9. The number of hydrogen-bond donors (Lipinski definition) is 1. The van der Waals surface area contributed by atoms with Crippen LogP contribution in [-0.4, -0.2) is 61.4 Å². The van der Waals surface area contributed by atoms with Gasteiger partial charge in [-0.15, -0.1) is 0 Å². The first kappa shape index (κ1) is 18.6. The van der Waals surface area contributed by atoms with E-state index in [1.807, 2.05) is 0 Å². The second-order valence-corrected chi connectivity index (χ2v) is 9.40. The summed E-state index contributed by atoms with van der Waals surface area (Å²) < 4.78 is 26.6. The fraction of sp³-hybridized carbons (Fsp3) is 0.722. The SMILES string of the molecule is CC1CCCN(C(C)CNc2ccc(S(=O)(=O)N3CCCC3)cn2)C1. The van der Waals surface area contributed by atoms with Crippen LogP contribution in [-0.2, 0) is 10.0 Å². The molecule has 7 heteroatoms. The van der Waals surface area contributed by atoms with Gasteiger partial charge in [-0.1, -0.05) is 6.92 Å². The van der Waals surface area contributed by atoms with E-state index in [0.717, 1.165) is 44.2 Å². The molecule has 140 valence electrons. The van der Waals surface area contributed by atoms with Crippen molar-refractivity contribution in [1.82, 2.24) is 14.2 Å². The molecule has 2 unspecified atom stereocenters. The summed E-state index contributed by atoms with van der Waals surface area (Å²) in [5.41, 5.74) is 0. The van der Waals surface area contributed by atoms with Crippen molar-refractivity contribution in [2.75, 3.05) is 38.0 Å². The summed E-state index contributed by atoms with van der Waals surface area (Å²) in [5, 5.41) is 3.34. The molecule has 6 nitrogen and oxygen atoms in total. The van der Waals surface area contributed by atoms with Crippen molar-refractivity contribution in [1.29, 1.82) is 0 Å². The second-order valence-electron chi connectivity index (χ2n) is 7.46. The third-order valence-corrected chi connectivity index (χ3v) is 7.21. The predicted octanol–water partition coefficient (Wildman–Crippen LogP) is 2.40. The van der Waals surface area contributed by atoms with Crippen LogP contribution in [0.4, 0.5) is 5.82 Å². The monoisotopic (exact) mass is 366 g/mol. The summed E-state index contributed by atoms with van der Waals surface area (Å²) in [7, 11) is -3.38. The highest BCUT2D eigenvalue weighted by molar-refractivity contribution is 7.89. The Labute approximate surface area is 151 Å². The molecule has 0 aromatic carbocycles. The molecular formula is C18H30N4O2S. The van der Waals surface area contributed by atoms with E-state index in [4.69, 9.17) is 0 Å². The normalized spacial score (nSPS) is 24.3. The van der Waals surface area contributed by atoms with Gasteiger partial charge in [0.05, 0.1) is 0 Å². The van der Waals surface area contributed by atoms with Gasteiger partial charge in [0.25, 0.3) is 0 Å². The third kappa shape index (κ3) is 4.51. The molecule has 1 aromatic heterocycles. The van der Waals surface area contributed by atoms with Crippen LogP contribution in [0.3, 0.4) is 0 Å². The fourth-order valence-corrected chi connectivity index (χ4v) is 5.19. The van der Waals surface area contributed by atoms with Gasteiger partial charge >= 0.3 is 0 Å². The maximum absolute atomic E-state index is 12.5. The molecule has 2 fully saturated rings. The Morgan fingerprint density at radius 3 is 2.64 bits per heavy atom. The van der Waals surface area contributed by atoms with E-state index in [1.54, 1.807) is 16.4 Å². The van der Waals surface area contributed by atoms with Gasteiger partial charge in [-0.2, -0.15) is 4.31 Å². The lowest BCUT2D eigenvalue weighted by Gasteiger charge is -2.35. The zero-order valence-electron chi connectivity index (χ0n) is 15.3. The summed E-state index contributed by atoms with van der Waals surface area (Å²) in [6.07, 6.45) is 5.96. The molecule has 1 N–H and O–H groups in total. The van der Waals surface area contributed by atoms with Crippen molar-refractivity contribution < 1.29 is 8.42 Å². The van der Waals surface area contributed by atoms with Crippen molar-refractivity contribution in [2.24, 2.45) is 5.92 Å². The molecule has 1 aromatic rings. The maximum atomic E-state index is 12.5. The molecule has 0 bridgehead atoms. The Morgan fingerprint density at radius 2 is 2.00 bits per heavy atom. The van der Waals surface area contributed by atoms with Gasteiger partial charge < -0.3 is 5.32 Å². The Balaban J connectivity index is 1.55. The molecular weight excluding hydrogens is 336 g/mol. The lowest BCUT2D eigenvalue weighted by Crippen LogP contribution is -2.43. The fourth-order valence-electron chi connectivity index (χ4n) is 3.72. The number of sulfonamides is 1. The highest BCUT2D eigenvalue weighted by Crippen LogP contribution is 2.21. The first-order valence-electron chi connectivity index (χ1n) is 9.41. The van der Waals surface area contributed by atoms with Crippen molar-refractivity contribution in [2.45, 2.75) is 50.5 Å². The molecule has 0 aliphatic carbocycles. The lowest BCUT2D eigenvalue weighted by molar-refractivity contribution is 0.144. The van der Waals surface area contributed by atoms with Gasteiger partial charge in [-0.05, 0) is 57.2 Å². The number of likely N-dealkylation sites (tertiary alicyclic amines) is 1. The standard InChI is InChI=1S/C18H30N4O2S/c1-15-6-5-9-21(14-15)16(2)12-19-18-8-7-17(13-20-18)25(23,24)22-10-3-4-11-22/h7-8,13,15-16H,3-6,9-12,14H2,1-2H3,(H,19,20). The van der Waals surface area contributed by atoms with Gasteiger partial charge in [0.15, 0.2) is 0 Å². The van der Waals surface area contributed by atoms with Crippen LogP contribution in [0, 0.1) is 5.92 Å². The van der Waals surface area contributed by atoms with Gasteiger partial charge in [0.1, 0.15) is 10.7 Å². The number of nitrogens with one attached hydrogen (secondary N) is 1. The molecule has 0 radical (unpaired) electrons. The number of rotatable bonds is 6. The maximum Gasteiger partial charge on any atom is 0.244 e. The first-order valence-corrected chi connectivity index (χ1v) is 10.8. The molecule has 0 amide bonds. The molecule has 2 aliphatic heterocycles. The Kier molecular flexibility index (Phi) is 5.96. The highest BCUT2D eigenvalue weighted by Gasteiger charge is 2.27. The van der Waals surface area contributed by atoms with Crippen molar-refractivity contribution in [3.05, 3.63) is 18.3 Å². The quantitative estimate of drug-likeness (QED) is 0.837. The van der Waals surface area contributed by atoms with Crippen LogP contribution in [0.5, 0.6) is 0 Å². The molecule has 3 rings (SSSR count). The van der Waals surface area contributed by atoms with Crippen molar-refractivity contribution >= 4 is 15.8 Å².